The molecular formula is C12H13BrN2O. The predicted octanol–water partition coefficient (Wildman–Crippen LogP) is 3.32. The Labute approximate surface area is 102 Å². The second-order valence-electron chi connectivity index (χ2n) is 4.54. The van der Waals surface area contributed by atoms with Crippen molar-refractivity contribution in [2.75, 3.05) is 0 Å². The minimum atomic E-state index is -0.303. The molecule has 1 aliphatic rings. The Morgan fingerprint density at radius 3 is 2.81 bits per heavy atom. The van der Waals surface area contributed by atoms with Crippen LogP contribution >= 0.6 is 15.9 Å². The molecule has 0 unspecified atom stereocenters. The number of hydrogen-bond donors (Lipinski definition) is 1. The van der Waals surface area contributed by atoms with E-state index in [1.54, 1.807) is 0 Å². The van der Waals surface area contributed by atoms with Crippen LogP contribution < -0.4 is 5.73 Å². The lowest BCUT2D eigenvalue weighted by molar-refractivity contribution is 0.300. The molecule has 0 spiro atoms. The van der Waals surface area contributed by atoms with Crippen LogP contribution in [0.3, 0.4) is 0 Å². The summed E-state index contributed by atoms with van der Waals surface area (Å²) in [5, 5.41) is 5.13. The van der Waals surface area contributed by atoms with Gasteiger partial charge >= 0.3 is 0 Å². The molecule has 1 aromatic carbocycles. The first-order chi connectivity index (χ1) is 7.69. The number of nitrogens with two attached hydrogens (primary N) is 1. The van der Waals surface area contributed by atoms with Crippen LogP contribution in [0.15, 0.2) is 27.2 Å². The van der Waals surface area contributed by atoms with Crippen molar-refractivity contribution in [3.63, 3.8) is 0 Å². The predicted molar refractivity (Wildman–Crippen MR) is 66.0 cm³/mol. The highest BCUT2D eigenvalue weighted by Crippen LogP contribution is 2.39. The van der Waals surface area contributed by atoms with Gasteiger partial charge in [-0.15, -0.1) is 0 Å². The molecule has 4 heteroatoms. The number of fused-ring (bicyclic) bond motifs is 1. The number of halogens is 1. The number of aromatic nitrogens is 1. The zero-order chi connectivity index (χ0) is 11.2. The fraction of sp³-hybridized carbons (Fsp3) is 0.417. The van der Waals surface area contributed by atoms with E-state index in [-0.39, 0.29) is 5.54 Å². The van der Waals surface area contributed by atoms with Crippen molar-refractivity contribution < 1.29 is 4.52 Å². The van der Waals surface area contributed by atoms with Crippen molar-refractivity contribution in [1.82, 2.24) is 5.16 Å². The van der Waals surface area contributed by atoms with Crippen molar-refractivity contribution in [1.29, 1.82) is 0 Å². The number of hydrogen-bond acceptors (Lipinski definition) is 3. The van der Waals surface area contributed by atoms with Crippen molar-refractivity contribution in [3.05, 3.63) is 28.4 Å². The van der Waals surface area contributed by atoms with Gasteiger partial charge in [0.25, 0.3) is 0 Å². The largest absolute Gasteiger partial charge is 0.358 e. The molecule has 1 heterocycles. The molecule has 0 saturated heterocycles. The molecule has 1 saturated carbocycles. The quantitative estimate of drug-likeness (QED) is 0.872. The maximum Gasteiger partial charge on any atom is 0.164 e. The van der Waals surface area contributed by atoms with E-state index >= 15 is 0 Å². The van der Waals surface area contributed by atoms with Crippen LogP contribution in [0, 0.1) is 0 Å². The van der Waals surface area contributed by atoms with E-state index in [0.717, 1.165) is 34.0 Å². The van der Waals surface area contributed by atoms with Crippen molar-refractivity contribution in [2.24, 2.45) is 5.73 Å². The normalized spacial score (nSPS) is 19.4. The van der Waals surface area contributed by atoms with Crippen LogP contribution in [-0.2, 0) is 5.54 Å². The smallest absolute Gasteiger partial charge is 0.164 e. The Hall–Kier alpha value is -0.870. The standard InChI is InChI=1S/C12H13BrN2O/c13-8-3-4-9-10(7-8)15-16-11(9)12(14)5-1-2-6-12/h3-4,7H,1-2,5-6,14H2. The van der Waals surface area contributed by atoms with E-state index in [1.807, 2.05) is 18.2 Å². The van der Waals surface area contributed by atoms with E-state index in [0.29, 0.717) is 0 Å². The molecule has 3 nitrogen and oxygen atoms in total. The van der Waals surface area contributed by atoms with Crippen LogP contribution in [0.1, 0.15) is 31.4 Å². The lowest BCUT2D eigenvalue weighted by Crippen LogP contribution is -2.32. The van der Waals surface area contributed by atoms with Gasteiger partial charge in [-0.05, 0) is 31.0 Å². The van der Waals surface area contributed by atoms with Gasteiger partial charge in [-0.25, -0.2) is 0 Å². The maximum absolute atomic E-state index is 6.38. The summed E-state index contributed by atoms with van der Waals surface area (Å²) in [6.45, 7) is 0. The van der Waals surface area contributed by atoms with Crippen LogP contribution in [0.2, 0.25) is 0 Å². The van der Waals surface area contributed by atoms with Crippen LogP contribution in [-0.4, -0.2) is 5.16 Å². The maximum atomic E-state index is 6.38. The molecule has 2 aromatic rings. The van der Waals surface area contributed by atoms with Gasteiger partial charge in [0.05, 0.1) is 5.54 Å². The Morgan fingerprint density at radius 2 is 2.06 bits per heavy atom. The fourth-order valence-corrected chi connectivity index (χ4v) is 2.86. The van der Waals surface area contributed by atoms with Crippen LogP contribution in [0.5, 0.6) is 0 Å². The van der Waals surface area contributed by atoms with E-state index in [9.17, 15) is 0 Å². The molecule has 84 valence electrons. The second-order valence-corrected chi connectivity index (χ2v) is 5.45. The Balaban J connectivity index is 2.17. The van der Waals surface area contributed by atoms with Gasteiger partial charge in [0.15, 0.2) is 5.76 Å². The summed E-state index contributed by atoms with van der Waals surface area (Å²) in [5.41, 5.74) is 6.96. The average Bonchev–Trinajstić information content (AvgIpc) is 2.84. The topological polar surface area (TPSA) is 52.0 Å². The van der Waals surface area contributed by atoms with E-state index in [2.05, 4.69) is 21.1 Å². The number of rotatable bonds is 1. The SMILES string of the molecule is NC1(c2onc3cc(Br)ccc23)CCCC1. The molecule has 0 bridgehead atoms. The minimum Gasteiger partial charge on any atom is -0.358 e. The van der Waals surface area contributed by atoms with E-state index < -0.39 is 0 Å². The first-order valence-corrected chi connectivity index (χ1v) is 6.33. The highest BCUT2D eigenvalue weighted by Gasteiger charge is 2.36. The summed E-state index contributed by atoms with van der Waals surface area (Å²) < 4.78 is 6.47. The lowest BCUT2D eigenvalue weighted by atomic mass is 9.93. The minimum absolute atomic E-state index is 0.303. The monoisotopic (exact) mass is 280 g/mol. The molecule has 0 aliphatic heterocycles. The molecule has 0 atom stereocenters. The van der Waals surface area contributed by atoms with Gasteiger partial charge < -0.3 is 10.3 Å². The fourth-order valence-electron chi connectivity index (χ4n) is 2.51. The third kappa shape index (κ3) is 1.48. The van der Waals surface area contributed by atoms with Crippen molar-refractivity contribution in [2.45, 2.75) is 31.2 Å². The summed E-state index contributed by atoms with van der Waals surface area (Å²) in [6.07, 6.45) is 4.34. The first-order valence-electron chi connectivity index (χ1n) is 5.53. The van der Waals surface area contributed by atoms with Gasteiger partial charge in [-0.3, -0.25) is 0 Å². The molecular weight excluding hydrogens is 268 g/mol. The Morgan fingerprint density at radius 1 is 1.31 bits per heavy atom. The molecule has 1 aromatic heterocycles. The van der Waals surface area contributed by atoms with E-state index in [4.69, 9.17) is 10.3 Å². The molecule has 0 radical (unpaired) electrons. The Bertz CT molecular complexity index is 529. The van der Waals surface area contributed by atoms with Gasteiger partial charge in [-0.2, -0.15) is 0 Å². The average molecular weight is 281 g/mol. The highest BCUT2D eigenvalue weighted by atomic mass is 79.9. The van der Waals surface area contributed by atoms with Gasteiger partial charge in [-0.1, -0.05) is 33.9 Å². The molecule has 0 amide bonds. The number of nitrogens with zero attached hydrogens (tertiary/aromatic N) is 1. The lowest BCUT2D eigenvalue weighted by Gasteiger charge is -2.19. The van der Waals surface area contributed by atoms with Crippen LogP contribution in [0.4, 0.5) is 0 Å². The zero-order valence-electron chi connectivity index (χ0n) is 8.87. The van der Waals surface area contributed by atoms with Gasteiger partial charge in [0, 0.05) is 9.86 Å². The third-order valence-corrected chi connectivity index (χ3v) is 3.88. The van der Waals surface area contributed by atoms with E-state index in [1.165, 1.54) is 12.8 Å². The molecule has 1 aliphatic carbocycles. The third-order valence-electron chi connectivity index (χ3n) is 3.39. The molecule has 16 heavy (non-hydrogen) atoms. The first kappa shape index (κ1) is 10.3. The van der Waals surface area contributed by atoms with Gasteiger partial charge in [0.2, 0.25) is 0 Å². The molecule has 1 fully saturated rings. The summed E-state index contributed by atoms with van der Waals surface area (Å²) in [4.78, 5) is 0. The number of benzene rings is 1. The summed E-state index contributed by atoms with van der Waals surface area (Å²) in [7, 11) is 0. The second kappa shape index (κ2) is 3.57. The Kier molecular flexibility index (Phi) is 2.30. The molecule has 2 N–H and O–H groups in total. The summed E-state index contributed by atoms with van der Waals surface area (Å²) in [6, 6.07) is 5.99. The van der Waals surface area contributed by atoms with Crippen molar-refractivity contribution in [3.8, 4) is 0 Å². The van der Waals surface area contributed by atoms with Crippen LogP contribution in [0.25, 0.3) is 10.9 Å². The highest BCUT2D eigenvalue weighted by molar-refractivity contribution is 9.10. The van der Waals surface area contributed by atoms with Gasteiger partial charge in [0.1, 0.15) is 5.52 Å². The summed E-state index contributed by atoms with van der Waals surface area (Å²) >= 11 is 3.43. The summed E-state index contributed by atoms with van der Waals surface area (Å²) in [5.74, 6) is 0.854. The van der Waals surface area contributed by atoms with Crippen molar-refractivity contribution >= 4 is 26.8 Å². The zero-order valence-corrected chi connectivity index (χ0v) is 10.5. The molecule has 3 rings (SSSR count).